The lowest BCUT2D eigenvalue weighted by atomic mass is 9.82. The number of hydrogen-bond donors (Lipinski definition) is 0. The summed E-state index contributed by atoms with van der Waals surface area (Å²) >= 11 is 12.7. The third-order valence-corrected chi connectivity index (χ3v) is 5.06. The molecule has 0 bridgehead atoms. The van der Waals surface area contributed by atoms with Gasteiger partial charge in [-0.2, -0.15) is 0 Å². The van der Waals surface area contributed by atoms with E-state index in [9.17, 15) is 14.4 Å². The molecular formula is C21H10Cl2O3. The second-order valence-corrected chi connectivity index (χ2v) is 6.65. The van der Waals surface area contributed by atoms with Gasteiger partial charge in [0.2, 0.25) is 0 Å². The van der Waals surface area contributed by atoms with E-state index in [0.29, 0.717) is 5.56 Å². The predicted molar refractivity (Wildman–Crippen MR) is 99.6 cm³/mol. The molecule has 0 unspecified atom stereocenters. The van der Waals surface area contributed by atoms with Gasteiger partial charge < -0.3 is 0 Å². The second-order valence-electron chi connectivity index (χ2n) is 5.87. The Bertz CT molecular complexity index is 1100. The molecule has 3 aromatic carbocycles. The highest BCUT2D eigenvalue weighted by Crippen LogP contribution is 2.38. The summed E-state index contributed by atoms with van der Waals surface area (Å²) in [7, 11) is 0. The molecule has 0 heterocycles. The van der Waals surface area contributed by atoms with Gasteiger partial charge in [-0.25, -0.2) is 0 Å². The summed E-state index contributed by atoms with van der Waals surface area (Å²) in [6.07, 6.45) is 0. The van der Waals surface area contributed by atoms with E-state index >= 15 is 0 Å². The van der Waals surface area contributed by atoms with Crippen LogP contribution in [0.3, 0.4) is 0 Å². The highest BCUT2D eigenvalue weighted by atomic mass is 35.5. The molecule has 0 saturated carbocycles. The first-order chi connectivity index (χ1) is 12.5. The summed E-state index contributed by atoms with van der Waals surface area (Å²) < 4.78 is 0. The number of carbonyl (C=O) groups is 3. The number of hydrogen-bond acceptors (Lipinski definition) is 3. The van der Waals surface area contributed by atoms with Gasteiger partial charge in [-0.15, -0.1) is 0 Å². The van der Waals surface area contributed by atoms with E-state index in [1.54, 1.807) is 54.6 Å². The molecule has 3 aromatic rings. The lowest BCUT2D eigenvalue weighted by Gasteiger charge is -2.21. The van der Waals surface area contributed by atoms with Gasteiger partial charge in [0, 0.05) is 22.3 Å². The van der Waals surface area contributed by atoms with Crippen molar-refractivity contribution in [3.8, 4) is 0 Å². The normalized spacial score (nSPS) is 12.5. The molecule has 3 nitrogen and oxygen atoms in total. The molecule has 4 rings (SSSR count). The highest BCUT2D eigenvalue weighted by Gasteiger charge is 2.35. The fourth-order valence-electron chi connectivity index (χ4n) is 3.12. The van der Waals surface area contributed by atoms with E-state index in [0.717, 1.165) is 0 Å². The number of rotatable bonds is 2. The molecule has 5 heteroatoms. The lowest BCUT2D eigenvalue weighted by Crippen LogP contribution is -2.23. The minimum atomic E-state index is -0.412. The summed E-state index contributed by atoms with van der Waals surface area (Å²) in [4.78, 5) is 38.5. The molecule has 0 atom stereocenters. The summed E-state index contributed by atoms with van der Waals surface area (Å²) in [6.45, 7) is 0. The predicted octanol–water partition coefficient (Wildman–Crippen LogP) is 5.00. The van der Waals surface area contributed by atoms with Crippen LogP contribution in [-0.4, -0.2) is 17.3 Å². The lowest BCUT2D eigenvalue weighted by molar-refractivity contribution is 0.0978. The monoisotopic (exact) mass is 380 g/mol. The van der Waals surface area contributed by atoms with Gasteiger partial charge in [0.25, 0.3) is 0 Å². The molecule has 0 N–H and O–H groups in total. The van der Waals surface area contributed by atoms with Crippen molar-refractivity contribution in [1.29, 1.82) is 0 Å². The van der Waals surface area contributed by atoms with Crippen LogP contribution in [-0.2, 0) is 0 Å². The third-order valence-electron chi connectivity index (χ3n) is 4.37. The maximum atomic E-state index is 12.9. The van der Waals surface area contributed by atoms with Crippen LogP contribution in [0.2, 0.25) is 10.0 Å². The number of fused-ring (bicyclic) bond motifs is 2. The maximum Gasteiger partial charge on any atom is 0.196 e. The van der Waals surface area contributed by atoms with Crippen LogP contribution in [0.25, 0.3) is 0 Å². The molecule has 1 aliphatic rings. The Morgan fingerprint density at radius 1 is 0.731 bits per heavy atom. The summed E-state index contributed by atoms with van der Waals surface area (Å²) in [6, 6.07) is 16.4. The Kier molecular flexibility index (Phi) is 3.98. The number of carbonyl (C=O) groups excluding carboxylic acids is 3. The molecule has 0 aliphatic heterocycles. The van der Waals surface area contributed by atoms with Gasteiger partial charge in [0.1, 0.15) is 0 Å². The number of halogens is 2. The fourth-order valence-corrected chi connectivity index (χ4v) is 3.73. The summed E-state index contributed by atoms with van der Waals surface area (Å²) in [5.41, 5.74) is 1.09. The first-order valence-corrected chi connectivity index (χ1v) is 8.56. The van der Waals surface area contributed by atoms with Crippen molar-refractivity contribution in [2.45, 2.75) is 0 Å². The van der Waals surface area contributed by atoms with E-state index in [-0.39, 0.29) is 49.4 Å². The van der Waals surface area contributed by atoms with Gasteiger partial charge in [-0.1, -0.05) is 77.8 Å². The quantitative estimate of drug-likeness (QED) is 0.459. The first kappa shape index (κ1) is 16.7. The van der Waals surface area contributed by atoms with E-state index < -0.39 is 5.78 Å². The van der Waals surface area contributed by atoms with Crippen LogP contribution in [0.4, 0.5) is 0 Å². The van der Waals surface area contributed by atoms with Crippen LogP contribution in [0, 0.1) is 0 Å². The topological polar surface area (TPSA) is 51.2 Å². The molecular weight excluding hydrogens is 371 g/mol. The summed E-state index contributed by atoms with van der Waals surface area (Å²) in [5.74, 6) is -1.15. The van der Waals surface area contributed by atoms with Crippen LogP contribution >= 0.6 is 23.2 Å². The zero-order valence-electron chi connectivity index (χ0n) is 13.3. The molecule has 0 amide bonds. The largest absolute Gasteiger partial charge is 0.289 e. The van der Waals surface area contributed by atoms with Crippen molar-refractivity contribution in [2.24, 2.45) is 0 Å². The van der Waals surface area contributed by atoms with Gasteiger partial charge in [0.05, 0.1) is 21.2 Å². The van der Waals surface area contributed by atoms with Crippen molar-refractivity contribution in [3.63, 3.8) is 0 Å². The smallest absolute Gasteiger partial charge is 0.196 e. The minimum absolute atomic E-state index is 0.0119. The van der Waals surface area contributed by atoms with Gasteiger partial charge in [-0.05, 0) is 6.07 Å². The van der Waals surface area contributed by atoms with E-state index in [1.165, 1.54) is 6.07 Å². The van der Waals surface area contributed by atoms with Crippen LogP contribution in [0.15, 0.2) is 60.7 Å². The van der Waals surface area contributed by atoms with Gasteiger partial charge in [0.15, 0.2) is 17.3 Å². The Hall–Kier alpha value is -2.75. The fraction of sp³-hybridized carbons (Fsp3) is 0. The Morgan fingerprint density at radius 3 is 1.88 bits per heavy atom. The molecule has 0 saturated heterocycles. The zero-order valence-corrected chi connectivity index (χ0v) is 14.8. The second kappa shape index (κ2) is 6.20. The number of ketones is 3. The average molecular weight is 381 g/mol. The SMILES string of the molecule is O=C(c1ccccc1)c1cc(Cl)c2c(c1Cl)C(=O)c1ccccc1C2=O. The Morgan fingerprint density at radius 2 is 1.27 bits per heavy atom. The molecule has 0 aromatic heterocycles. The third kappa shape index (κ3) is 2.40. The van der Waals surface area contributed by atoms with Gasteiger partial charge >= 0.3 is 0 Å². The molecule has 0 fully saturated rings. The molecule has 0 radical (unpaired) electrons. The van der Waals surface area contributed by atoms with E-state index in [4.69, 9.17) is 23.2 Å². The Balaban J connectivity index is 1.96. The molecule has 1 aliphatic carbocycles. The van der Waals surface area contributed by atoms with Crippen LogP contribution < -0.4 is 0 Å². The van der Waals surface area contributed by atoms with Crippen molar-refractivity contribution in [2.75, 3.05) is 0 Å². The van der Waals surface area contributed by atoms with Crippen molar-refractivity contribution in [3.05, 3.63) is 104 Å². The maximum absolute atomic E-state index is 12.9. The van der Waals surface area contributed by atoms with Gasteiger partial charge in [-0.3, -0.25) is 14.4 Å². The van der Waals surface area contributed by atoms with Crippen LogP contribution in [0.5, 0.6) is 0 Å². The van der Waals surface area contributed by atoms with Crippen molar-refractivity contribution < 1.29 is 14.4 Å². The van der Waals surface area contributed by atoms with E-state index in [2.05, 4.69) is 0 Å². The average Bonchev–Trinajstić information content (AvgIpc) is 2.67. The first-order valence-electron chi connectivity index (χ1n) is 7.81. The standard InChI is InChI=1S/C21H10Cl2O3/c22-15-10-14(19(24)11-6-2-1-3-7-11)18(23)17-16(15)20(25)12-8-4-5-9-13(12)21(17)26/h1-10H. The van der Waals surface area contributed by atoms with E-state index in [1.807, 2.05) is 0 Å². The van der Waals surface area contributed by atoms with Crippen molar-refractivity contribution >= 4 is 40.6 Å². The molecule has 26 heavy (non-hydrogen) atoms. The minimum Gasteiger partial charge on any atom is -0.289 e. The highest BCUT2D eigenvalue weighted by molar-refractivity contribution is 6.45. The number of benzene rings is 3. The Labute approximate surface area is 159 Å². The van der Waals surface area contributed by atoms with Crippen molar-refractivity contribution in [1.82, 2.24) is 0 Å². The zero-order chi connectivity index (χ0) is 18.4. The molecule has 0 spiro atoms. The summed E-state index contributed by atoms with van der Waals surface area (Å²) in [5, 5.41) is -0.0114. The van der Waals surface area contributed by atoms with Crippen LogP contribution in [0.1, 0.15) is 47.8 Å². The molecule has 126 valence electrons.